The van der Waals surface area contributed by atoms with Crippen LogP contribution in [0.1, 0.15) is 24.4 Å². The van der Waals surface area contributed by atoms with Crippen molar-refractivity contribution in [1.29, 1.82) is 0 Å². The quantitative estimate of drug-likeness (QED) is 0.227. The predicted molar refractivity (Wildman–Crippen MR) is 123 cm³/mol. The van der Waals surface area contributed by atoms with E-state index in [-0.39, 0.29) is 24.2 Å². The van der Waals surface area contributed by atoms with Crippen molar-refractivity contribution in [1.82, 2.24) is 24.8 Å². The number of azide groups is 1. The fourth-order valence-corrected chi connectivity index (χ4v) is 5.35. The lowest BCUT2D eigenvalue weighted by Gasteiger charge is -2.24. The van der Waals surface area contributed by atoms with Crippen LogP contribution in [0.3, 0.4) is 0 Å². The Morgan fingerprint density at radius 3 is 2.97 bits per heavy atom. The van der Waals surface area contributed by atoms with E-state index in [9.17, 15) is 15.0 Å². The van der Waals surface area contributed by atoms with Gasteiger partial charge in [0.2, 0.25) is 11.9 Å². The molecule has 5 rings (SSSR count). The predicted octanol–water partition coefficient (Wildman–Crippen LogP) is 2.45. The normalized spacial score (nSPS) is 27.2. The van der Waals surface area contributed by atoms with Gasteiger partial charge in [-0.25, -0.2) is 15.0 Å². The molecule has 5 atom stereocenters. The first-order valence-electron chi connectivity index (χ1n) is 10.7. The van der Waals surface area contributed by atoms with Crippen LogP contribution < -0.4 is 10.6 Å². The minimum Gasteiger partial charge on any atom is -0.390 e. The fourth-order valence-electron chi connectivity index (χ4n) is 5.13. The third-order valence-electron chi connectivity index (χ3n) is 6.84. The summed E-state index contributed by atoms with van der Waals surface area (Å²) in [6.07, 6.45) is 0.0780. The molecular weight excluding hydrogens is 462 g/mol. The van der Waals surface area contributed by atoms with E-state index >= 15 is 0 Å². The summed E-state index contributed by atoms with van der Waals surface area (Å²) in [5.74, 6) is -0.0734. The van der Waals surface area contributed by atoms with E-state index < -0.39 is 23.7 Å². The Balaban J connectivity index is 1.51. The van der Waals surface area contributed by atoms with E-state index in [1.807, 2.05) is 18.2 Å². The largest absolute Gasteiger partial charge is 0.390 e. The number of nitrogens with one attached hydrogen (secondary N) is 2. The summed E-state index contributed by atoms with van der Waals surface area (Å²) in [6.45, 7) is 0.387. The highest BCUT2D eigenvalue weighted by molar-refractivity contribution is 6.30. The Hall–Kier alpha value is -3.44. The van der Waals surface area contributed by atoms with Gasteiger partial charge in [0.05, 0.1) is 18.5 Å². The molecule has 2 saturated carbocycles. The Morgan fingerprint density at radius 1 is 1.41 bits per heavy atom. The molecule has 2 aliphatic rings. The van der Waals surface area contributed by atoms with Gasteiger partial charge in [-0.3, -0.25) is 4.79 Å². The van der Waals surface area contributed by atoms with Crippen molar-refractivity contribution in [3.05, 3.63) is 51.6 Å². The zero-order valence-corrected chi connectivity index (χ0v) is 18.9. The van der Waals surface area contributed by atoms with Gasteiger partial charge in [0.1, 0.15) is 11.6 Å². The highest BCUT2D eigenvalue weighted by Gasteiger charge is 2.71. The maximum absolute atomic E-state index is 12.0. The first kappa shape index (κ1) is 22.4. The third-order valence-corrected chi connectivity index (χ3v) is 7.07. The van der Waals surface area contributed by atoms with E-state index in [1.54, 1.807) is 17.7 Å². The van der Waals surface area contributed by atoms with E-state index in [4.69, 9.17) is 17.1 Å². The molecule has 4 N–H and O–H groups in total. The second-order valence-electron chi connectivity index (χ2n) is 8.69. The second kappa shape index (κ2) is 8.41. The monoisotopic (exact) mass is 483 g/mol. The van der Waals surface area contributed by atoms with Crippen LogP contribution in [0.2, 0.25) is 5.02 Å². The topological polar surface area (TPSA) is 174 Å². The van der Waals surface area contributed by atoms with Gasteiger partial charge in [0.15, 0.2) is 11.5 Å². The van der Waals surface area contributed by atoms with Gasteiger partial charge < -0.3 is 25.4 Å². The van der Waals surface area contributed by atoms with Crippen molar-refractivity contribution in [2.75, 3.05) is 12.4 Å². The lowest BCUT2D eigenvalue weighted by atomic mass is 9.95. The second-order valence-corrected chi connectivity index (χ2v) is 9.13. The average molecular weight is 484 g/mol. The molecule has 13 heteroatoms. The summed E-state index contributed by atoms with van der Waals surface area (Å²) < 4.78 is 1.68. The van der Waals surface area contributed by atoms with Gasteiger partial charge >= 0.3 is 0 Å². The number of anilines is 1. The molecule has 2 aromatic heterocycles. The Kier molecular flexibility index (Phi) is 5.53. The van der Waals surface area contributed by atoms with Crippen LogP contribution in [0.25, 0.3) is 21.6 Å². The summed E-state index contributed by atoms with van der Waals surface area (Å²) in [4.78, 5) is 27.9. The number of amides is 1. The molecule has 2 unspecified atom stereocenters. The van der Waals surface area contributed by atoms with Crippen molar-refractivity contribution < 1.29 is 15.0 Å². The number of aliphatic hydroxyl groups is 2. The number of carbonyl (C=O) groups excluding carboxylic acids is 1. The lowest BCUT2D eigenvalue weighted by molar-refractivity contribution is -0.123. The summed E-state index contributed by atoms with van der Waals surface area (Å²) in [5, 5.41) is 31.6. The minimum atomic E-state index is -1.11. The minimum absolute atomic E-state index is 0.106. The SMILES string of the molecule is CNC(=O)CC12CC1[C@@H](n1cnc3c(NCc4cccc(Cl)c4)nc(N=[N+]=[N-])nc31)[C@H](O)[C@@H]2O. The van der Waals surface area contributed by atoms with Crippen LogP contribution in [-0.2, 0) is 11.3 Å². The molecule has 1 aromatic carbocycles. The number of halogens is 1. The molecular formula is C21H22ClN9O3. The molecule has 2 aliphatic carbocycles. The smallest absolute Gasteiger partial charge is 0.220 e. The molecule has 0 saturated heterocycles. The summed E-state index contributed by atoms with van der Waals surface area (Å²) in [7, 11) is 1.54. The highest BCUT2D eigenvalue weighted by atomic mass is 35.5. The highest BCUT2D eigenvalue weighted by Crippen LogP contribution is 2.69. The number of aliphatic hydroxyl groups excluding tert-OH is 2. The first-order valence-corrected chi connectivity index (χ1v) is 11.1. The molecule has 0 spiro atoms. The van der Waals surface area contributed by atoms with Crippen LogP contribution in [-0.4, -0.2) is 54.9 Å². The number of hydrogen-bond donors (Lipinski definition) is 4. The molecule has 12 nitrogen and oxygen atoms in total. The fraction of sp³-hybridized carbons (Fsp3) is 0.429. The van der Waals surface area contributed by atoms with E-state index in [1.165, 1.54) is 6.33 Å². The van der Waals surface area contributed by atoms with Crippen molar-refractivity contribution >= 4 is 40.4 Å². The Bertz CT molecular complexity index is 1320. The zero-order chi connectivity index (χ0) is 24.0. The van der Waals surface area contributed by atoms with Crippen LogP contribution in [0.5, 0.6) is 0 Å². The number of fused-ring (bicyclic) bond motifs is 2. The van der Waals surface area contributed by atoms with Gasteiger partial charge in [-0.1, -0.05) is 23.7 Å². The number of carbonyl (C=O) groups is 1. The molecule has 0 aliphatic heterocycles. The number of imidazole rings is 1. The van der Waals surface area contributed by atoms with Gasteiger partial charge in [-0.15, -0.1) is 0 Å². The van der Waals surface area contributed by atoms with Crippen LogP contribution in [0.15, 0.2) is 35.7 Å². The van der Waals surface area contributed by atoms with E-state index in [0.717, 1.165) is 5.56 Å². The summed E-state index contributed by atoms with van der Waals surface area (Å²) in [5.41, 5.74) is 9.93. The number of benzene rings is 1. The van der Waals surface area contributed by atoms with E-state index in [2.05, 4.69) is 35.6 Å². The summed E-state index contributed by atoms with van der Waals surface area (Å²) >= 11 is 6.07. The maximum Gasteiger partial charge on any atom is 0.220 e. The first-order chi connectivity index (χ1) is 16.4. The molecule has 0 radical (unpaired) electrons. The lowest BCUT2D eigenvalue weighted by Crippen LogP contribution is -2.36. The molecule has 3 aromatic rings. The van der Waals surface area contributed by atoms with E-state index in [0.29, 0.717) is 35.0 Å². The number of rotatable bonds is 7. The number of aromatic nitrogens is 4. The van der Waals surface area contributed by atoms with Gasteiger partial charge in [0, 0.05) is 35.4 Å². The molecule has 0 bridgehead atoms. The van der Waals surface area contributed by atoms with Crippen molar-refractivity contribution in [3.8, 4) is 0 Å². The zero-order valence-electron chi connectivity index (χ0n) is 18.1. The van der Waals surface area contributed by atoms with Crippen LogP contribution >= 0.6 is 11.6 Å². The van der Waals surface area contributed by atoms with Crippen molar-refractivity contribution in [3.63, 3.8) is 0 Å². The van der Waals surface area contributed by atoms with Gasteiger partial charge in [-0.2, -0.15) is 0 Å². The molecule has 1 amide bonds. The molecule has 2 fully saturated rings. The third kappa shape index (κ3) is 3.61. The van der Waals surface area contributed by atoms with Crippen LogP contribution in [0.4, 0.5) is 11.8 Å². The Morgan fingerprint density at radius 2 is 2.24 bits per heavy atom. The van der Waals surface area contributed by atoms with Crippen LogP contribution in [0, 0.1) is 11.3 Å². The molecule has 2 heterocycles. The van der Waals surface area contributed by atoms with Gasteiger partial charge in [0.25, 0.3) is 0 Å². The number of nitrogens with zero attached hydrogens (tertiary/aromatic N) is 7. The van der Waals surface area contributed by atoms with Crippen molar-refractivity contribution in [2.45, 2.75) is 37.6 Å². The molecule has 176 valence electrons. The maximum atomic E-state index is 12.0. The van der Waals surface area contributed by atoms with Crippen molar-refractivity contribution in [2.24, 2.45) is 16.4 Å². The average Bonchev–Trinajstić information content (AvgIpc) is 3.30. The Labute approximate surface area is 198 Å². The van der Waals surface area contributed by atoms with Gasteiger partial charge in [-0.05, 0) is 40.7 Å². The number of hydrogen-bond acceptors (Lipinski definition) is 8. The standard InChI is InChI=1S/C21H22ClN9O3/c1-24-13(32)7-21-6-12(21)15(16(33)17(21)34)31-9-26-14-18(27-20(29-30-23)28-19(14)31)25-8-10-3-2-4-11(22)5-10/h2-5,9,12,15-17,33-34H,6-8H2,1H3,(H,24,32)(H,25,27,28)/t12?,15-,16+,17+,21?/m1/s1. The summed E-state index contributed by atoms with van der Waals surface area (Å²) in [6, 6.07) is 6.79. The molecule has 34 heavy (non-hydrogen) atoms.